The van der Waals surface area contributed by atoms with Crippen LogP contribution in [0.25, 0.3) is 16.9 Å². The third kappa shape index (κ3) is 6.56. The van der Waals surface area contributed by atoms with Crippen molar-refractivity contribution in [3.63, 3.8) is 0 Å². The van der Waals surface area contributed by atoms with Crippen molar-refractivity contribution in [3.05, 3.63) is 99.0 Å². The van der Waals surface area contributed by atoms with Crippen molar-refractivity contribution in [2.24, 2.45) is 0 Å². The fourth-order valence-electron chi connectivity index (χ4n) is 4.71. The van der Waals surface area contributed by atoms with Crippen LogP contribution in [-0.2, 0) is 28.5 Å². The lowest BCUT2D eigenvalue weighted by Crippen LogP contribution is -2.33. The Bertz CT molecular complexity index is 1470. The molecule has 0 amide bonds. The minimum atomic E-state index is -0.945. The summed E-state index contributed by atoms with van der Waals surface area (Å²) >= 11 is 0. The SMILES string of the molecule is COCCOC(=O)C1=C(C)NC(C)=C(C(=O)OCCOC)C1c1cn(-c2ccccc2)nc1-c1ccc([N+](=O)[O-])cc1. The van der Waals surface area contributed by atoms with Gasteiger partial charge in [-0.1, -0.05) is 18.2 Å². The zero-order chi connectivity index (χ0) is 30.2. The molecule has 1 aliphatic rings. The fourth-order valence-corrected chi connectivity index (χ4v) is 4.71. The normalized spacial score (nSPS) is 13.6. The van der Waals surface area contributed by atoms with Crippen molar-refractivity contribution in [2.45, 2.75) is 19.8 Å². The Morgan fingerprint density at radius 2 is 1.43 bits per heavy atom. The first-order valence-electron chi connectivity index (χ1n) is 13.2. The van der Waals surface area contributed by atoms with Crippen molar-refractivity contribution >= 4 is 17.6 Å². The first-order valence-corrected chi connectivity index (χ1v) is 13.2. The summed E-state index contributed by atoms with van der Waals surface area (Å²) in [5, 5.41) is 19.3. The van der Waals surface area contributed by atoms with Gasteiger partial charge in [0, 0.05) is 55.1 Å². The van der Waals surface area contributed by atoms with Crippen LogP contribution in [0.1, 0.15) is 25.3 Å². The van der Waals surface area contributed by atoms with E-state index in [4.69, 9.17) is 24.0 Å². The van der Waals surface area contributed by atoms with Crippen molar-refractivity contribution in [1.29, 1.82) is 0 Å². The highest BCUT2D eigenvalue weighted by Crippen LogP contribution is 2.43. The molecule has 0 atom stereocenters. The van der Waals surface area contributed by atoms with Crippen LogP contribution in [0.5, 0.6) is 0 Å². The molecule has 0 saturated heterocycles. The van der Waals surface area contributed by atoms with Crippen LogP contribution in [0, 0.1) is 10.1 Å². The number of nitro benzene ring substituents is 1. The maximum absolute atomic E-state index is 13.6. The van der Waals surface area contributed by atoms with E-state index in [0.29, 0.717) is 28.2 Å². The molecule has 0 fully saturated rings. The summed E-state index contributed by atoms with van der Waals surface area (Å²) < 4.78 is 22.8. The molecule has 0 unspecified atom stereocenters. The zero-order valence-electron chi connectivity index (χ0n) is 23.8. The number of non-ortho nitro benzene ring substituents is 1. The summed E-state index contributed by atoms with van der Waals surface area (Å²) in [6.07, 6.45) is 1.74. The van der Waals surface area contributed by atoms with Crippen LogP contribution in [0.15, 0.2) is 83.3 Å². The Hall–Kier alpha value is -4.81. The predicted molar refractivity (Wildman–Crippen MR) is 153 cm³/mol. The quantitative estimate of drug-likeness (QED) is 0.145. The molecule has 0 saturated carbocycles. The van der Waals surface area contributed by atoms with E-state index in [-0.39, 0.29) is 43.3 Å². The van der Waals surface area contributed by atoms with Gasteiger partial charge in [0.05, 0.1) is 46.6 Å². The van der Waals surface area contributed by atoms with Gasteiger partial charge in [-0.15, -0.1) is 0 Å². The number of hydrogen-bond acceptors (Lipinski definition) is 10. The molecule has 1 aliphatic heterocycles. The Labute approximate surface area is 242 Å². The standard InChI is InChI=1S/C30H32N4O8/c1-19-25(29(35)41-16-14-39-3)27(26(20(2)31-19)30(36)42-17-15-40-4)24-18-33(22-8-6-5-7-9-22)32-28(24)21-10-12-23(13-11-21)34(37)38/h5-13,18,27,31H,14-17H2,1-4H3. The number of ether oxygens (including phenoxy) is 4. The molecule has 42 heavy (non-hydrogen) atoms. The third-order valence-corrected chi connectivity index (χ3v) is 6.67. The van der Waals surface area contributed by atoms with E-state index in [0.717, 1.165) is 5.69 Å². The molecular weight excluding hydrogens is 544 g/mol. The van der Waals surface area contributed by atoms with Crippen molar-refractivity contribution < 1.29 is 33.5 Å². The van der Waals surface area contributed by atoms with Gasteiger partial charge in [-0.3, -0.25) is 10.1 Å². The number of dihydropyridines is 1. The van der Waals surface area contributed by atoms with Gasteiger partial charge in [0.25, 0.3) is 5.69 Å². The van der Waals surface area contributed by atoms with Crippen LogP contribution in [-0.4, -0.2) is 67.3 Å². The zero-order valence-corrected chi connectivity index (χ0v) is 23.8. The molecule has 0 bridgehead atoms. The third-order valence-electron chi connectivity index (χ3n) is 6.67. The van der Waals surface area contributed by atoms with Crippen molar-refractivity contribution in [1.82, 2.24) is 15.1 Å². The van der Waals surface area contributed by atoms with Gasteiger partial charge in [-0.2, -0.15) is 5.10 Å². The Balaban J connectivity index is 1.93. The molecule has 2 aromatic carbocycles. The lowest BCUT2D eigenvalue weighted by molar-refractivity contribution is -0.384. The lowest BCUT2D eigenvalue weighted by Gasteiger charge is -2.30. The molecule has 2 heterocycles. The van der Waals surface area contributed by atoms with Crippen molar-refractivity contribution in [2.75, 3.05) is 40.6 Å². The average molecular weight is 577 g/mol. The molecule has 12 heteroatoms. The summed E-state index contributed by atoms with van der Waals surface area (Å²) in [6.45, 7) is 3.85. The summed E-state index contributed by atoms with van der Waals surface area (Å²) in [5.41, 5.74) is 3.52. The van der Waals surface area contributed by atoms with Gasteiger partial charge >= 0.3 is 11.9 Å². The first kappa shape index (κ1) is 30.2. The van der Waals surface area contributed by atoms with Crippen LogP contribution >= 0.6 is 0 Å². The number of benzene rings is 2. The molecule has 1 N–H and O–H groups in total. The summed E-state index contributed by atoms with van der Waals surface area (Å²) in [6, 6.07) is 15.2. The minimum absolute atomic E-state index is 0.00757. The van der Waals surface area contributed by atoms with E-state index in [9.17, 15) is 19.7 Å². The number of nitrogens with zero attached hydrogens (tertiary/aromatic N) is 3. The Morgan fingerprint density at radius 1 is 0.881 bits per heavy atom. The van der Waals surface area contributed by atoms with E-state index in [1.165, 1.54) is 26.4 Å². The van der Waals surface area contributed by atoms with Gasteiger partial charge in [0.15, 0.2) is 0 Å². The maximum Gasteiger partial charge on any atom is 0.336 e. The smallest absolute Gasteiger partial charge is 0.336 e. The fraction of sp³-hybridized carbons (Fsp3) is 0.300. The van der Waals surface area contributed by atoms with Crippen molar-refractivity contribution in [3.8, 4) is 16.9 Å². The maximum atomic E-state index is 13.6. The van der Waals surface area contributed by atoms with Crippen LogP contribution < -0.4 is 5.32 Å². The number of aromatic nitrogens is 2. The van der Waals surface area contributed by atoms with E-state index in [1.54, 1.807) is 36.9 Å². The molecule has 12 nitrogen and oxygen atoms in total. The van der Waals surface area contributed by atoms with E-state index >= 15 is 0 Å². The Morgan fingerprint density at radius 3 is 1.93 bits per heavy atom. The highest BCUT2D eigenvalue weighted by molar-refractivity contribution is 6.00. The number of hydrogen-bond donors (Lipinski definition) is 1. The van der Waals surface area contributed by atoms with Gasteiger partial charge in [0.1, 0.15) is 13.2 Å². The number of nitro groups is 1. The molecular formula is C30H32N4O8. The van der Waals surface area contributed by atoms with Crippen LogP contribution in [0.4, 0.5) is 5.69 Å². The van der Waals surface area contributed by atoms with Crippen LogP contribution in [0.3, 0.4) is 0 Å². The topological polar surface area (TPSA) is 144 Å². The summed E-state index contributed by atoms with van der Waals surface area (Å²) in [4.78, 5) is 38.0. The van der Waals surface area contributed by atoms with E-state index in [1.807, 2.05) is 30.3 Å². The summed E-state index contributed by atoms with van der Waals surface area (Å²) in [7, 11) is 3.00. The van der Waals surface area contributed by atoms with Gasteiger partial charge < -0.3 is 24.3 Å². The van der Waals surface area contributed by atoms with Gasteiger partial charge in [0.2, 0.25) is 0 Å². The second-order valence-corrected chi connectivity index (χ2v) is 9.41. The highest BCUT2D eigenvalue weighted by atomic mass is 16.6. The number of carbonyl (C=O) groups is 2. The second-order valence-electron chi connectivity index (χ2n) is 9.41. The number of rotatable bonds is 12. The van der Waals surface area contributed by atoms with Gasteiger partial charge in [-0.05, 0) is 38.1 Å². The number of allylic oxidation sites excluding steroid dienone is 2. The van der Waals surface area contributed by atoms with E-state index < -0.39 is 22.8 Å². The largest absolute Gasteiger partial charge is 0.460 e. The molecule has 0 spiro atoms. The summed E-state index contributed by atoms with van der Waals surface area (Å²) in [5.74, 6) is -2.23. The van der Waals surface area contributed by atoms with E-state index in [2.05, 4.69) is 5.32 Å². The lowest BCUT2D eigenvalue weighted by atomic mass is 9.79. The molecule has 0 aliphatic carbocycles. The number of nitrogens with one attached hydrogen (secondary N) is 1. The first-order chi connectivity index (χ1) is 20.3. The molecule has 4 rings (SSSR count). The minimum Gasteiger partial charge on any atom is -0.460 e. The molecule has 0 radical (unpaired) electrons. The molecule has 220 valence electrons. The van der Waals surface area contributed by atoms with Crippen LogP contribution in [0.2, 0.25) is 0 Å². The Kier molecular flexibility index (Phi) is 9.84. The highest BCUT2D eigenvalue weighted by Gasteiger charge is 2.40. The van der Waals surface area contributed by atoms with Gasteiger partial charge in [-0.25, -0.2) is 14.3 Å². The number of para-hydroxylation sites is 1. The molecule has 1 aromatic heterocycles. The number of esters is 2. The number of methoxy groups -OCH3 is 2. The monoisotopic (exact) mass is 576 g/mol. The predicted octanol–water partition coefficient (Wildman–Crippen LogP) is 4.06. The second kappa shape index (κ2) is 13.7. The average Bonchev–Trinajstić information content (AvgIpc) is 3.42. The molecule has 3 aromatic rings. The number of carbonyl (C=O) groups excluding carboxylic acids is 2.